The van der Waals surface area contributed by atoms with Gasteiger partial charge in [-0.2, -0.15) is 0 Å². The van der Waals surface area contributed by atoms with Crippen molar-refractivity contribution in [2.45, 2.75) is 31.7 Å². The van der Waals surface area contributed by atoms with E-state index in [9.17, 15) is 9.90 Å². The van der Waals surface area contributed by atoms with Gasteiger partial charge >= 0.3 is 0 Å². The van der Waals surface area contributed by atoms with Gasteiger partial charge in [-0.3, -0.25) is 4.79 Å². The van der Waals surface area contributed by atoms with Gasteiger partial charge < -0.3 is 15.0 Å². The van der Waals surface area contributed by atoms with Gasteiger partial charge in [-0.15, -0.1) is 0 Å². The highest BCUT2D eigenvalue weighted by molar-refractivity contribution is 5.94. The Morgan fingerprint density at radius 2 is 2.05 bits per heavy atom. The molecule has 2 unspecified atom stereocenters. The third kappa shape index (κ3) is 3.20. The fourth-order valence-corrected chi connectivity index (χ4v) is 3.06. The molecular formula is C17H21N3O2. The summed E-state index contributed by atoms with van der Waals surface area (Å²) >= 11 is 0. The lowest BCUT2D eigenvalue weighted by Gasteiger charge is -2.30. The van der Waals surface area contributed by atoms with Crippen LogP contribution in [0.15, 0.2) is 43.0 Å². The molecule has 1 heterocycles. The van der Waals surface area contributed by atoms with E-state index in [0.29, 0.717) is 5.56 Å². The Morgan fingerprint density at radius 1 is 1.27 bits per heavy atom. The van der Waals surface area contributed by atoms with Crippen LogP contribution in [-0.2, 0) is 0 Å². The van der Waals surface area contributed by atoms with E-state index in [-0.39, 0.29) is 24.5 Å². The molecule has 1 aromatic carbocycles. The lowest BCUT2D eigenvalue weighted by atomic mass is 9.85. The number of aromatic nitrogens is 2. The van der Waals surface area contributed by atoms with Crippen molar-refractivity contribution in [3.63, 3.8) is 0 Å². The second-order valence-corrected chi connectivity index (χ2v) is 5.82. The minimum absolute atomic E-state index is 0.0671. The van der Waals surface area contributed by atoms with Gasteiger partial charge in [0.1, 0.15) is 0 Å². The average Bonchev–Trinajstić information content (AvgIpc) is 3.10. The quantitative estimate of drug-likeness (QED) is 0.909. The molecule has 1 aliphatic rings. The first-order chi connectivity index (χ1) is 10.8. The molecule has 3 rings (SSSR count). The number of rotatable bonds is 4. The molecule has 1 aromatic heterocycles. The molecule has 0 aliphatic heterocycles. The van der Waals surface area contributed by atoms with E-state index in [4.69, 9.17) is 0 Å². The molecule has 116 valence electrons. The number of benzene rings is 1. The van der Waals surface area contributed by atoms with E-state index in [1.165, 1.54) is 0 Å². The second kappa shape index (κ2) is 6.75. The van der Waals surface area contributed by atoms with Gasteiger partial charge in [0.25, 0.3) is 5.91 Å². The maximum Gasteiger partial charge on any atom is 0.251 e. The van der Waals surface area contributed by atoms with E-state index in [1.807, 2.05) is 35.0 Å². The minimum Gasteiger partial charge on any atom is -0.396 e. The molecule has 0 radical (unpaired) electrons. The van der Waals surface area contributed by atoms with Gasteiger partial charge in [-0.25, -0.2) is 4.98 Å². The van der Waals surface area contributed by atoms with Crippen LogP contribution in [0.4, 0.5) is 0 Å². The van der Waals surface area contributed by atoms with E-state index >= 15 is 0 Å². The molecule has 2 N–H and O–H groups in total. The summed E-state index contributed by atoms with van der Waals surface area (Å²) in [6, 6.07) is 7.53. The zero-order valence-corrected chi connectivity index (χ0v) is 12.5. The SMILES string of the molecule is O=C(NC1CCCCC1CO)c1ccc(-n2ccnc2)cc1. The predicted octanol–water partition coefficient (Wildman–Crippen LogP) is 2.15. The summed E-state index contributed by atoms with van der Waals surface area (Å²) in [5.74, 6) is 0.116. The topological polar surface area (TPSA) is 67.2 Å². The summed E-state index contributed by atoms with van der Waals surface area (Å²) in [5.41, 5.74) is 1.62. The zero-order valence-electron chi connectivity index (χ0n) is 12.5. The van der Waals surface area contributed by atoms with Gasteiger partial charge in [0.2, 0.25) is 0 Å². The smallest absolute Gasteiger partial charge is 0.251 e. The van der Waals surface area contributed by atoms with Gasteiger partial charge in [-0.1, -0.05) is 12.8 Å². The first kappa shape index (κ1) is 14.8. The third-order valence-electron chi connectivity index (χ3n) is 4.39. The number of aliphatic hydroxyl groups is 1. The molecule has 2 atom stereocenters. The van der Waals surface area contributed by atoms with Gasteiger partial charge in [0.15, 0.2) is 0 Å². The van der Waals surface area contributed by atoms with E-state index in [2.05, 4.69) is 10.3 Å². The van der Waals surface area contributed by atoms with Crippen LogP contribution >= 0.6 is 0 Å². The fourth-order valence-electron chi connectivity index (χ4n) is 3.06. The summed E-state index contributed by atoms with van der Waals surface area (Å²) in [4.78, 5) is 16.4. The van der Waals surface area contributed by atoms with Crippen molar-refractivity contribution in [1.29, 1.82) is 0 Å². The summed E-state index contributed by atoms with van der Waals surface area (Å²) < 4.78 is 1.89. The van der Waals surface area contributed by atoms with Crippen LogP contribution in [0.25, 0.3) is 5.69 Å². The molecule has 1 saturated carbocycles. The van der Waals surface area contributed by atoms with Gasteiger partial charge in [0.05, 0.1) is 6.33 Å². The lowest BCUT2D eigenvalue weighted by Crippen LogP contribution is -2.43. The maximum atomic E-state index is 12.4. The van der Waals surface area contributed by atoms with Gasteiger partial charge in [-0.05, 0) is 37.1 Å². The Labute approximate surface area is 130 Å². The molecule has 0 bridgehead atoms. The lowest BCUT2D eigenvalue weighted by molar-refractivity contribution is 0.0872. The van der Waals surface area contributed by atoms with Crippen molar-refractivity contribution in [2.24, 2.45) is 5.92 Å². The van der Waals surface area contributed by atoms with Crippen molar-refractivity contribution in [3.8, 4) is 5.69 Å². The number of carbonyl (C=O) groups is 1. The Morgan fingerprint density at radius 3 is 2.73 bits per heavy atom. The normalized spacial score (nSPS) is 21.5. The number of imidazole rings is 1. The molecule has 0 spiro atoms. The number of nitrogens with one attached hydrogen (secondary N) is 1. The standard InChI is InChI=1S/C17H21N3O2/c21-11-14-3-1-2-4-16(14)19-17(22)13-5-7-15(8-6-13)20-10-9-18-12-20/h5-10,12,14,16,21H,1-4,11H2,(H,19,22). The number of hydrogen-bond acceptors (Lipinski definition) is 3. The monoisotopic (exact) mass is 299 g/mol. The number of carbonyl (C=O) groups excluding carboxylic acids is 1. The van der Waals surface area contributed by atoms with Crippen LogP contribution in [0.3, 0.4) is 0 Å². The minimum atomic E-state index is -0.0671. The summed E-state index contributed by atoms with van der Waals surface area (Å²) in [7, 11) is 0. The van der Waals surface area contributed by atoms with Crippen LogP contribution < -0.4 is 5.32 Å². The van der Waals surface area contributed by atoms with Crippen LogP contribution in [0.5, 0.6) is 0 Å². The highest BCUT2D eigenvalue weighted by Crippen LogP contribution is 2.24. The average molecular weight is 299 g/mol. The molecule has 5 heteroatoms. The Bertz CT molecular complexity index is 607. The molecule has 22 heavy (non-hydrogen) atoms. The van der Waals surface area contributed by atoms with Crippen LogP contribution in [0.1, 0.15) is 36.0 Å². The highest BCUT2D eigenvalue weighted by atomic mass is 16.3. The van der Waals surface area contributed by atoms with Crippen molar-refractivity contribution in [2.75, 3.05) is 6.61 Å². The third-order valence-corrected chi connectivity index (χ3v) is 4.39. The van der Waals surface area contributed by atoms with Crippen molar-refractivity contribution >= 4 is 5.91 Å². The molecule has 1 fully saturated rings. The largest absolute Gasteiger partial charge is 0.396 e. The molecule has 0 saturated heterocycles. The van der Waals surface area contributed by atoms with E-state index in [1.54, 1.807) is 12.5 Å². The van der Waals surface area contributed by atoms with Crippen molar-refractivity contribution in [1.82, 2.24) is 14.9 Å². The number of aliphatic hydroxyl groups excluding tert-OH is 1. The number of amides is 1. The first-order valence-electron chi connectivity index (χ1n) is 7.78. The Balaban J connectivity index is 1.67. The molecule has 2 aromatic rings. The highest BCUT2D eigenvalue weighted by Gasteiger charge is 2.26. The van der Waals surface area contributed by atoms with E-state index < -0.39 is 0 Å². The molecular weight excluding hydrogens is 278 g/mol. The molecule has 1 amide bonds. The van der Waals surface area contributed by atoms with Gasteiger partial charge in [0, 0.05) is 42.2 Å². The Kier molecular flexibility index (Phi) is 4.53. The Hall–Kier alpha value is -2.14. The van der Waals surface area contributed by atoms with E-state index in [0.717, 1.165) is 31.4 Å². The number of hydrogen-bond donors (Lipinski definition) is 2. The summed E-state index contributed by atoms with van der Waals surface area (Å²) in [6.07, 6.45) is 9.49. The number of nitrogens with zero attached hydrogens (tertiary/aromatic N) is 2. The summed E-state index contributed by atoms with van der Waals surface area (Å²) in [6.45, 7) is 0.143. The first-order valence-corrected chi connectivity index (χ1v) is 7.78. The summed E-state index contributed by atoms with van der Waals surface area (Å²) in [5, 5.41) is 12.5. The van der Waals surface area contributed by atoms with Crippen molar-refractivity contribution in [3.05, 3.63) is 48.5 Å². The van der Waals surface area contributed by atoms with Crippen LogP contribution in [0, 0.1) is 5.92 Å². The van der Waals surface area contributed by atoms with Crippen molar-refractivity contribution < 1.29 is 9.90 Å². The fraction of sp³-hybridized carbons (Fsp3) is 0.412. The van der Waals surface area contributed by atoms with Crippen LogP contribution in [0.2, 0.25) is 0 Å². The molecule has 5 nitrogen and oxygen atoms in total. The maximum absolute atomic E-state index is 12.4. The second-order valence-electron chi connectivity index (χ2n) is 5.82. The predicted molar refractivity (Wildman–Crippen MR) is 83.9 cm³/mol. The zero-order chi connectivity index (χ0) is 15.4. The van der Waals surface area contributed by atoms with Crippen LogP contribution in [-0.4, -0.2) is 33.2 Å². The molecule has 1 aliphatic carbocycles.